The van der Waals surface area contributed by atoms with E-state index in [0.717, 1.165) is 13.0 Å². The van der Waals surface area contributed by atoms with Crippen molar-refractivity contribution in [3.63, 3.8) is 0 Å². The van der Waals surface area contributed by atoms with Gasteiger partial charge in [-0.2, -0.15) is 0 Å². The van der Waals surface area contributed by atoms with Crippen LogP contribution in [0.3, 0.4) is 0 Å². The molecule has 0 aromatic carbocycles. The molecule has 0 spiro atoms. The molecule has 5 nitrogen and oxygen atoms in total. The van der Waals surface area contributed by atoms with Gasteiger partial charge in [0.25, 0.3) is 0 Å². The van der Waals surface area contributed by atoms with Crippen LogP contribution in [0.25, 0.3) is 0 Å². The highest BCUT2D eigenvalue weighted by atomic mass is 16.6. The van der Waals surface area contributed by atoms with E-state index in [9.17, 15) is 4.79 Å². The molecule has 0 unspecified atom stereocenters. The van der Waals surface area contributed by atoms with Gasteiger partial charge in [-0.05, 0) is 27.2 Å². The molecular weight excluding hydrogens is 378 g/mol. The highest BCUT2D eigenvalue weighted by molar-refractivity contribution is 5.67. The monoisotopic (exact) mass is 429 g/mol. The van der Waals surface area contributed by atoms with Crippen LogP contribution in [0.4, 0.5) is 4.79 Å². The van der Waals surface area contributed by atoms with E-state index in [0.29, 0.717) is 26.4 Å². The molecule has 0 aliphatic carbocycles. The maximum atomic E-state index is 11.8. The fourth-order valence-electron chi connectivity index (χ4n) is 3.18. The van der Waals surface area contributed by atoms with Crippen LogP contribution in [-0.4, -0.2) is 56.6 Å². The first-order valence-corrected chi connectivity index (χ1v) is 12.5. The van der Waals surface area contributed by atoms with Crippen molar-refractivity contribution >= 4 is 6.09 Å². The maximum absolute atomic E-state index is 11.8. The van der Waals surface area contributed by atoms with Crippen LogP contribution in [0.2, 0.25) is 0 Å². The second kappa shape index (κ2) is 20.1. The summed E-state index contributed by atoms with van der Waals surface area (Å²) in [5.74, 6) is 0. The van der Waals surface area contributed by atoms with Crippen LogP contribution < -0.4 is 0 Å². The standard InChI is InChI=1S/C25H51NO4/c1-6-7-8-9-10-11-12-13-14-15-16-17-18-20-28-22-23-29-21-19-26(5)24(27)30-25(2,3)4/h6-23H2,1-5H3. The summed E-state index contributed by atoms with van der Waals surface area (Å²) in [7, 11) is 1.72. The largest absolute Gasteiger partial charge is 0.444 e. The van der Waals surface area contributed by atoms with Gasteiger partial charge in [0, 0.05) is 20.2 Å². The van der Waals surface area contributed by atoms with Gasteiger partial charge >= 0.3 is 6.09 Å². The van der Waals surface area contributed by atoms with Crippen LogP contribution in [-0.2, 0) is 14.2 Å². The number of nitrogens with zero attached hydrogens (tertiary/aromatic N) is 1. The quantitative estimate of drug-likeness (QED) is 0.196. The number of rotatable bonds is 20. The summed E-state index contributed by atoms with van der Waals surface area (Å²) in [6.45, 7) is 10.9. The van der Waals surface area contributed by atoms with E-state index >= 15 is 0 Å². The smallest absolute Gasteiger partial charge is 0.410 e. The van der Waals surface area contributed by atoms with Gasteiger partial charge < -0.3 is 19.1 Å². The van der Waals surface area contributed by atoms with Crippen LogP contribution >= 0.6 is 0 Å². The van der Waals surface area contributed by atoms with Gasteiger partial charge in [0.15, 0.2) is 0 Å². The van der Waals surface area contributed by atoms with Crippen molar-refractivity contribution in [2.45, 2.75) is 117 Å². The fraction of sp³-hybridized carbons (Fsp3) is 0.960. The minimum absolute atomic E-state index is 0.315. The lowest BCUT2D eigenvalue weighted by Gasteiger charge is -2.24. The number of unbranched alkanes of at least 4 members (excludes halogenated alkanes) is 12. The van der Waals surface area contributed by atoms with Crippen molar-refractivity contribution in [3.05, 3.63) is 0 Å². The number of amides is 1. The van der Waals surface area contributed by atoms with Crippen molar-refractivity contribution in [1.29, 1.82) is 0 Å². The molecule has 0 N–H and O–H groups in total. The highest BCUT2D eigenvalue weighted by Gasteiger charge is 2.19. The summed E-state index contributed by atoms with van der Waals surface area (Å²) < 4.78 is 16.5. The normalized spacial score (nSPS) is 11.6. The van der Waals surface area contributed by atoms with E-state index < -0.39 is 5.60 Å². The third-order valence-corrected chi connectivity index (χ3v) is 5.04. The van der Waals surface area contributed by atoms with Crippen molar-refractivity contribution < 1.29 is 19.0 Å². The Kier molecular flexibility index (Phi) is 19.6. The van der Waals surface area contributed by atoms with Crippen LogP contribution in [0.1, 0.15) is 111 Å². The van der Waals surface area contributed by atoms with Gasteiger partial charge in [-0.3, -0.25) is 0 Å². The van der Waals surface area contributed by atoms with Gasteiger partial charge in [0.1, 0.15) is 5.60 Å². The fourth-order valence-corrected chi connectivity index (χ4v) is 3.18. The molecule has 180 valence electrons. The molecule has 5 heteroatoms. The average Bonchev–Trinajstić information content (AvgIpc) is 2.68. The molecule has 0 rings (SSSR count). The van der Waals surface area contributed by atoms with Crippen LogP contribution in [0.5, 0.6) is 0 Å². The van der Waals surface area contributed by atoms with Gasteiger partial charge in [-0.15, -0.1) is 0 Å². The van der Waals surface area contributed by atoms with Crippen molar-refractivity contribution in [2.75, 3.05) is 40.0 Å². The van der Waals surface area contributed by atoms with Gasteiger partial charge in [-0.1, -0.05) is 84.0 Å². The van der Waals surface area contributed by atoms with Crippen molar-refractivity contribution in [2.24, 2.45) is 0 Å². The second-order valence-electron chi connectivity index (χ2n) is 9.37. The lowest BCUT2D eigenvalue weighted by molar-refractivity contribution is 0.0157. The molecule has 0 aliphatic heterocycles. The zero-order valence-corrected chi connectivity index (χ0v) is 20.8. The Labute approximate surface area is 187 Å². The third kappa shape index (κ3) is 21.9. The molecule has 0 aromatic rings. The molecular formula is C25H51NO4. The van der Waals surface area contributed by atoms with E-state index in [1.54, 1.807) is 11.9 Å². The summed E-state index contributed by atoms with van der Waals surface area (Å²) in [6, 6.07) is 0. The van der Waals surface area contributed by atoms with Gasteiger partial charge in [-0.25, -0.2) is 4.79 Å². The van der Waals surface area contributed by atoms with Crippen LogP contribution in [0.15, 0.2) is 0 Å². The van der Waals surface area contributed by atoms with E-state index in [4.69, 9.17) is 14.2 Å². The van der Waals surface area contributed by atoms with Crippen molar-refractivity contribution in [3.8, 4) is 0 Å². The topological polar surface area (TPSA) is 48.0 Å². The number of carbonyl (C=O) groups is 1. The van der Waals surface area contributed by atoms with Crippen LogP contribution in [0, 0.1) is 0 Å². The third-order valence-electron chi connectivity index (χ3n) is 5.04. The Morgan fingerprint density at radius 2 is 1.10 bits per heavy atom. The summed E-state index contributed by atoms with van der Waals surface area (Å²) in [5, 5.41) is 0. The second-order valence-corrected chi connectivity index (χ2v) is 9.37. The molecule has 0 radical (unpaired) electrons. The van der Waals surface area contributed by atoms with Gasteiger partial charge in [0.05, 0.1) is 19.8 Å². The summed E-state index contributed by atoms with van der Waals surface area (Å²) >= 11 is 0. The van der Waals surface area contributed by atoms with Gasteiger partial charge in [0.2, 0.25) is 0 Å². The molecule has 0 heterocycles. The molecule has 0 aliphatic rings. The zero-order valence-electron chi connectivity index (χ0n) is 20.8. The summed E-state index contributed by atoms with van der Waals surface area (Å²) in [6.07, 6.45) is 17.5. The molecule has 0 aromatic heterocycles. The first-order chi connectivity index (χ1) is 14.4. The first-order valence-electron chi connectivity index (χ1n) is 12.5. The Hall–Kier alpha value is -0.810. The maximum Gasteiger partial charge on any atom is 0.410 e. The number of hydrogen-bond acceptors (Lipinski definition) is 4. The summed E-state index contributed by atoms with van der Waals surface area (Å²) in [4.78, 5) is 13.3. The Bertz CT molecular complexity index is 382. The highest BCUT2D eigenvalue weighted by Crippen LogP contribution is 2.12. The Balaban J connectivity index is 3.22. The lowest BCUT2D eigenvalue weighted by Crippen LogP contribution is -2.36. The Morgan fingerprint density at radius 1 is 0.667 bits per heavy atom. The number of ether oxygens (including phenoxy) is 3. The van der Waals surface area contributed by atoms with E-state index in [1.165, 1.54) is 77.0 Å². The molecule has 0 fully saturated rings. The molecule has 0 bridgehead atoms. The van der Waals surface area contributed by atoms with E-state index in [-0.39, 0.29) is 6.09 Å². The van der Waals surface area contributed by atoms with Crippen molar-refractivity contribution in [1.82, 2.24) is 4.90 Å². The molecule has 1 amide bonds. The first kappa shape index (κ1) is 29.2. The van der Waals surface area contributed by atoms with E-state index in [1.807, 2.05) is 20.8 Å². The predicted molar refractivity (Wildman–Crippen MR) is 126 cm³/mol. The number of hydrogen-bond donors (Lipinski definition) is 0. The predicted octanol–water partition coefficient (Wildman–Crippen LogP) is 6.98. The minimum Gasteiger partial charge on any atom is -0.444 e. The number of likely N-dealkylation sites (N-methyl/N-ethyl adjacent to an activating group) is 1. The zero-order chi connectivity index (χ0) is 22.5. The Morgan fingerprint density at radius 3 is 1.57 bits per heavy atom. The van der Waals surface area contributed by atoms with E-state index in [2.05, 4.69) is 6.92 Å². The SMILES string of the molecule is CCCCCCCCCCCCCCCOCCOCCN(C)C(=O)OC(C)(C)C. The molecule has 0 saturated carbocycles. The lowest BCUT2D eigenvalue weighted by atomic mass is 10.0. The average molecular weight is 430 g/mol. The molecule has 0 atom stereocenters. The molecule has 0 saturated heterocycles. The minimum atomic E-state index is -0.465. The molecule has 30 heavy (non-hydrogen) atoms. The number of carbonyl (C=O) groups excluding carboxylic acids is 1. The summed E-state index contributed by atoms with van der Waals surface area (Å²) in [5.41, 5.74) is -0.465.